The molecule has 5 heteroatoms. The third-order valence-corrected chi connectivity index (χ3v) is 5.72. The summed E-state index contributed by atoms with van der Waals surface area (Å²) in [5, 5.41) is 2.87. The van der Waals surface area contributed by atoms with E-state index in [9.17, 15) is 9.18 Å². The Bertz CT molecular complexity index is 803. The van der Waals surface area contributed by atoms with Crippen molar-refractivity contribution in [1.82, 2.24) is 10.2 Å². The summed E-state index contributed by atoms with van der Waals surface area (Å²) < 4.78 is 20.1. The Hall–Kier alpha value is -2.40. The summed E-state index contributed by atoms with van der Waals surface area (Å²) in [5.41, 5.74) is 2.43. The molecule has 2 aliphatic heterocycles. The first kappa shape index (κ1) is 18.0. The summed E-state index contributed by atoms with van der Waals surface area (Å²) in [6, 6.07) is 14.8. The topological polar surface area (TPSA) is 41.6 Å². The van der Waals surface area contributed by atoms with Crippen molar-refractivity contribution in [1.29, 1.82) is 0 Å². The van der Waals surface area contributed by atoms with Crippen molar-refractivity contribution >= 4 is 6.03 Å². The van der Waals surface area contributed by atoms with Gasteiger partial charge in [0.15, 0.2) is 0 Å². The Morgan fingerprint density at radius 2 is 2.00 bits per heavy atom. The Balaban J connectivity index is 1.35. The van der Waals surface area contributed by atoms with Gasteiger partial charge in [0.05, 0.1) is 6.61 Å². The highest BCUT2D eigenvalue weighted by Gasteiger charge is 2.41. The quantitative estimate of drug-likeness (QED) is 0.882. The zero-order valence-corrected chi connectivity index (χ0v) is 15.4. The fraction of sp³-hybridized carbons (Fsp3) is 0.409. The number of hydrogen-bond acceptors (Lipinski definition) is 2. The Labute approximate surface area is 159 Å². The van der Waals surface area contributed by atoms with Gasteiger partial charge in [0.2, 0.25) is 0 Å². The highest BCUT2D eigenvalue weighted by atomic mass is 19.1. The Morgan fingerprint density at radius 3 is 2.74 bits per heavy atom. The maximum absolute atomic E-state index is 14.5. The minimum absolute atomic E-state index is 0.121. The van der Waals surface area contributed by atoms with Gasteiger partial charge >= 0.3 is 6.03 Å². The normalized spacial score (nSPS) is 22.2. The molecule has 2 aliphatic rings. The van der Waals surface area contributed by atoms with Gasteiger partial charge in [0.25, 0.3) is 0 Å². The van der Waals surface area contributed by atoms with Gasteiger partial charge in [-0.05, 0) is 36.5 Å². The van der Waals surface area contributed by atoms with E-state index in [-0.39, 0.29) is 23.8 Å². The number of ether oxygens (including phenoxy) is 1. The number of carbonyl (C=O) groups is 1. The van der Waals surface area contributed by atoms with E-state index in [0.29, 0.717) is 5.56 Å². The van der Waals surface area contributed by atoms with Gasteiger partial charge in [-0.25, -0.2) is 9.18 Å². The molecule has 2 heterocycles. The minimum atomic E-state index is -0.296. The van der Waals surface area contributed by atoms with Crippen LogP contribution < -0.4 is 5.32 Å². The second-order valence-corrected chi connectivity index (χ2v) is 7.66. The number of urea groups is 1. The van der Waals surface area contributed by atoms with Crippen LogP contribution in [0.2, 0.25) is 0 Å². The third-order valence-electron chi connectivity index (χ3n) is 5.72. The molecule has 1 atom stereocenters. The molecule has 2 fully saturated rings. The number of halogens is 1. The molecule has 1 unspecified atom stereocenters. The molecule has 2 aromatic rings. The molecule has 2 saturated heterocycles. The van der Waals surface area contributed by atoms with Crippen LogP contribution in [0.1, 0.15) is 24.8 Å². The fourth-order valence-corrected chi connectivity index (χ4v) is 4.12. The number of carbonyl (C=O) groups excluding carboxylic acids is 1. The summed E-state index contributed by atoms with van der Waals surface area (Å²) in [6.07, 6.45) is 3.17. The van der Waals surface area contributed by atoms with E-state index in [1.807, 2.05) is 41.3 Å². The van der Waals surface area contributed by atoms with Gasteiger partial charge in [0, 0.05) is 37.2 Å². The molecule has 4 nitrogen and oxygen atoms in total. The standard InChI is InChI=1S/C22H25FN2O2/c23-20-13-18(17-5-2-1-3-6-17)7-8-19(20)14-24-21(26)25-11-10-22(15-25)9-4-12-27-16-22/h1-3,5-8,13H,4,9-12,14-16H2,(H,24,26). The minimum Gasteiger partial charge on any atom is -0.381 e. The van der Waals surface area contributed by atoms with Crippen LogP contribution in [0.25, 0.3) is 11.1 Å². The van der Waals surface area contributed by atoms with Gasteiger partial charge in [-0.1, -0.05) is 42.5 Å². The number of likely N-dealkylation sites (tertiary alicyclic amines) is 1. The van der Waals surface area contributed by atoms with Crippen LogP contribution in [0, 0.1) is 11.2 Å². The zero-order valence-electron chi connectivity index (χ0n) is 15.4. The predicted octanol–water partition coefficient (Wildman–Crippen LogP) is 4.20. The van der Waals surface area contributed by atoms with Crippen LogP contribution in [0.5, 0.6) is 0 Å². The van der Waals surface area contributed by atoms with Crippen LogP contribution in [-0.4, -0.2) is 37.2 Å². The van der Waals surface area contributed by atoms with E-state index >= 15 is 0 Å². The Kier molecular flexibility index (Phi) is 5.12. The number of nitrogens with zero attached hydrogens (tertiary/aromatic N) is 1. The molecule has 1 N–H and O–H groups in total. The number of rotatable bonds is 3. The van der Waals surface area contributed by atoms with Crippen LogP contribution in [0.3, 0.4) is 0 Å². The van der Waals surface area contributed by atoms with E-state index < -0.39 is 0 Å². The molecule has 142 valence electrons. The SMILES string of the molecule is O=C(NCc1ccc(-c2ccccc2)cc1F)N1CCC2(CCCOC2)C1. The largest absolute Gasteiger partial charge is 0.381 e. The van der Waals surface area contributed by atoms with Gasteiger partial charge in [-0.2, -0.15) is 0 Å². The van der Waals surface area contributed by atoms with Crippen LogP contribution in [0.4, 0.5) is 9.18 Å². The van der Waals surface area contributed by atoms with Crippen molar-refractivity contribution in [2.24, 2.45) is 5.41 Å². The second kappa shape index (κ2) is 7.69. The van der Waals surface area contributed by atoms with E-state index in [1.54, 1.807) is 6.07 Å². The van der Waals surface area contributed by atoms with E-state index in [2.05, 4.69) is 5.32 Å². The average molecular weight is 368 g/mol. The third kappa shape index (κ3) is 3.98. The summed E-state index contributed by atoms with van der Waals surface area (Å²) in [7, 11) is 0. The highest BCUT2D eigenvalue weighted by Crippen LogP contribution is 2.37. The van der Waals surface area contributed by atoms with Crippen molar-refractivity contribution in [2.45, 2.75) is 25.8 Å². The van der Waals surface area contributed by atoms with Gasteiger partial charge in [0.1, 0.15) is 5.82 Å². The monoisotopic (exact) mass is 368 g/mol. The van der Waals surface area contributed by atoms with Gasteiger partial charge < -0.3 is 15.0 Å². The predicted molar refractivity (Wildman–Crippen MR) is 103 cm³/mol. The van der Waals surface area contributed by atoms with E-state index in [4.69, 9.17) is 4.74 Å². The number of nitrogens with one attached hydrogen (secondary N) is 1. The fourth-order valence-electron chi connectivity index (χ4n) is 4.12. The molecular formula is C22H25FN2O2. The maximum Gasteiger partial charge on any atom is 0.317 e. The number of hydrogen-bond donors (Lipinski definition) is 1. The molecule has 0 bridgehead atoms. The second-order valence-electron chi connectivity index (χ2n) is 7.66. The van der Waals surface area contributed by atoms with Crippen LogP contribution in [-0.2, 0) is 11.3 Å². The summed E-state index contributed by atoms with van der Waals surface area (Å²) in [4.78, 5) is 14.3. The molecule has 2 aromatic carbocycles. The van der Waals surface area contributed by atoms with Crippen molar-refractivity contribution in [3.05, 3.63) is 59.9 Å². The van der Waals surface area contributed by atoms with E-state index in [0.717, 1.165) is 56.7 Å². The number of amides is 2. The molecule has 0 radical (unpaired) electrons. The van der Waals surface area contributed by atoms with Gasteiger partial charge in [-0.15, -0.1) is 0 Å². The first-order valence-electron chi connectivity index (χ1n) is 9.60. The smallest absolute Gasteiger partial charge is 0.317 e. The average Bonchev–Trinajstić information content (AvgIpc) is 3.11. The molecular weight excluding hydrogens is 343 g/mol. The van der Waals surface area contributed by atoms with Crippen molar-refractivity contribution in [2.75, 3.05) is 26.3 Å². The van der Waals surface area contributed by atoms with Crippen molar-refractivity contribution in [3.8, 4) is 11.1 Å². The molecule has 0 aromatic heterocycles. The summed E-state index contributed by atoms with van der Waals surface area (Å²) >= 11 is 0. The van der Waals surface area contributed by atoms with Crippen molar-refractivity contribution in [3.63, 3.8) is 0 Å². The highest BCUT2D eigenvalue weighted by molar-refractivity contribution is 5.74. The lowest BCUT2D eigenvalue weighted by Gasteiger charge is -2.32. The molecule has 4 rings (SSSR count). The molecule has 27 heavy (non-hydrogen) atoms. The van der Waals surface area contributed by atoms with Crippen molar-refractivity contribution < 1.29 is 13.9 Å². The molecule has 2 amide bonds. The van der Waals surface area contributed by atoms with Crippen LogP contribution in [0.15, 0.2) is 48.5 Å². The maximum atomic E-state index is 14.5. The lowest BCUT2D eigenvalue weighted by molar-refractivity contribution is -0.000439. The number of benzene rings is 2. The van der Waals surface area contributed by atoms with Gasteiger partial charge in [-0.3, -0.25) is 0 Å². The first-order valence-corrected chi connectivity index (χ1v) is 9.60. The lowest BCUT2D eigenvalue weighted by Crippen LogP contribution is -2.41. The Morgan fingerprint density at radius 1 is 1.15 bits per heavy atom. The molecule has 0 aliphatic carbocycles. The molecule has 0 saturated carbocycles. The zero-order chi connectivity index (χ0) is 18.7. The summed E-state index contributed by atoms with van der Waals surface area (Å²) in [5.74, 6) is -0.296. The van der Waals surface area contributed by atoms with E-state index in [1.165, 1.54) is 6.07 Å². The van der Waals surface area contributed by atoms with Crippen LogP contribution >= 0.6 is 0 Å². The lowest BCUT2D eigenvalue weighted by atomic mass is 9.82. The molecule has 1 spiro atoms. The summed E-state index contributed by atoms with van der Waals surface area (Å²) in [6.45, 7) is 3.23. The first-order chi connectivity index (χ1) is 13.2.